The van der Waals surface area contributed by atoms with Crippen LogP contribution in [0.4, 0.5) is 5.69 Å². The number of pyridine rings is 2. The predicted molar refractivity (Wildman–Crippen MR) is 72.0 cm³/mol. The van der Waals surface area contributed by atoms with Crippen molar-refractivity contribution in [3.8, 4) is 0 Å². The van der Waals surface area contributed by atoms with E-state index in [1.54, 1.807) is 36.8 Å². The number of amides is 1. The van der Waals surface area contributed by atoms with Crippen LogP contribution in [0.15, 0.2) is 41.3 Å². The lowest BCUT2D eigenvalue weighted by atomic mass is 10.2. The van der Waals surface area contributed by atoms with E-state index in [0.29, 0.717) is 23.5 Å². The average molecular weight is 307 g/mol. The summed E-state index contributed by atoms with van der Waals surface area (Å²) in [5.41, 5.74) is 7.35. The van der Waals surface area contributed by atoms with Crippen LogP contribution in [0.3, 0.4) is 0 Å². The summed E-state index contributed by atoms with van der Waals surface area (Å²) in [6.07, 6.45) is 4.80. The van der Waals surface area contributed by atoms with Crippen LogP contribution in [0.25, 0.3) is 0 Å². The van der Waals surface area contributed by atoms with E-state index in [1.165, 1.54) is 0 Å². The van der Waals surface area contributed by atoms with Crippen molar-refractivity contribution in [3.63, 3.8) is 0 Å². The van der Waals surface area contributed by atoms with Crippen molar-refractivity contribution < 1.29 is 4.79 Å². The predicted octanol–water partition coefficient (Wildman–Crippen LogP) is 1.95. The molecule has 0 aliphatic carbocycles. The Kier molecular flexibility index (Phi) is 4.01. The zero-order chi connectivity index (χ0) is 13.0. The van der Waals surface area contributed by atoms with Crippen LogP contribution in [0, 0.1) is 0 Å². The molecule has 0 saturated heterocycles. The molecule has 0 aliphatic rings. The Morgan fingerprint density at radius 1 is 1.39 bits per heavy atom. The summed E-state index contributed by atoms with van der Waals surface area (Å²) in [7, 11) is 0. The highest BCUT2D eigenvalue weighted by atomic mass is 79.9. The molecule has 3 N–H and O–H groups in total. The van der Waals surface area contributed by atoms with E-state index >= 15 is 0 Å². The second-order valence-electron chi connectivity index (χ2n) is 3.55. The fourth-order valence-electron chi connectivity index (χ4n) is 1.40. The van der Waals surface area contributed by atoms with Crippen molar-refractivity contribution in [2.45, 2.75) is 6.54 Å². The lowest BCUT2D eigenvalue weighted by Crippen LogP contribution is -2.13. The molecule has 0 bridgehead atoms. The van der Waals surface area contributed by atoms with Crippen LogP contribution in [0.5, 0.6) is 0 Å². The molecule has 5 nitrogen and oxygen atoms in total. The topological polar surface area (TPSA) is 80.9 Å². The molecule has 0 saturated carbocycles. The lowest BCUT2D eigenvalue weighted by Gasteiger charge is -2.07. The van der Waals surface area contributed by atoms with Crippen LogP contribution in [0.2, 0.25) is 0 Å². The molecule has 0 fully saturated rings. The largest absolute Gasteiger partial charge is 0.325 e. The number of carbonyl (C=O) groups is 1. The number of hydrogen-bond donors (Lipinski definition) is 2. The number of nitrogens with two attached hydrogens (primary N) is 1. The summed E-state index contributed by atoms with van der Waals surface area (Å²) in [4.78, 5) is 20.0. The molecule has 0 atom stereocenters. The summed E-state index contributed by atoms with van der Waals surface area (Å²) in [5.74, 6) is -0.209. The molecule has 92 valence electrons. The summed E-state index contributed by atoms with van der Waals surface area (Å²) in [6, 6.07) is 5.03. The molecular formula is C12H11BrN4O. The lowest BCUT2D eigenvalue weighted by molar-refractivity contribution is 0.102. The van der Waals surface area contributed by atoms with Crippen molar-refractivity contribution in [2.75, 3.05) is 5.32 Å². The Balaban J connectivity index is 2.19. The van der Waals surface area contributed by atoms with Gasteiger partial charge in [0.2, 0.25) is 0 Å². The third-order valence-corrected chi connectivity index (χ3v) is 2.94. The van der Waals surface area contributed by atoms with E-state index < -0.39 is 0 Å². The van der Waals surface area contributed by atoms with Gasteiger partial charge < -0.3 is 11.1 Å². The second-order valence-corrected chi connectivity index (χ2v) is 4.40. The van der Waals surface area contributed by atoms with Gasteiger partial charge >= 0.3 is 0 Å². The maximum atomic E-state index is 12.0. The van der Waals surface area contributed by atoms with Crippen molar-refractivity contribution in [2.24, 2.45) is 5.73 Å². The van der Waals surface area contributed by atoms with Gasteiger partial charge in [0.1, 0.15) is 0 Å². The standard InChI is InChI=1S/C12H11BrN4O/c13-10-7-15-3-2-11(10)17-12(18)8-1-4-16-9(5-8)6-14/h1-5,7H,6,14H2,(H,15,17,18). The first-order valence-corrected chi connectivity index (χ1v) is 6.06. The number of rotatable bonds is 3. The summed E-state index contributed by atoms with van der Waals surface area (Å²) >= 11 is 3.32. The quantitative estimate of drug-likeness (QED) is 0.908. The van der Waals surface area contributed by atoms with Gasteiger partial charge in [-0.2, -0.15) is 0 Å². The maximum Gasteiger partial charge on any atom is 0.255 e. The zero-order valence-electron chi connectivity index (χ0n) is 9.43. The number of nitrogens with zero attached hydrogens (tertiary/aromatic N) is 2. The van der Waals surface area contributed by atoms with Gasteiger partial charge in [-0.05, 0) is 34.1 Å². The highest BCUT2D eigenvalue weighted by Crippen LogP contribution is 2.20. The molecule has 2 aromatic rings. The Labute approximate surface area is 113 Å². The van der Waals surface area contributed by atoms with Crippen molar-refractivity contribution in [1.82, 2.24) is 9.97 Å². The number of hydrogen-bond acceptors (Lipinski definition) is 4. The second kappa shape index (κ2) is 5.70. The number of halogens is 1. The van der Waals surface area contributed by atoms with Crippen LogP contribution >= 0.6 is 15.9 Å². The first-order chi connectivity index (χ1) is 8.70. The van der Waals surface area contributed by atoms with Crippen molar-refractivity contribution in [3.05, 3.63) is 52.5 Å². The minimum atomic E-state index is -0.209. The third-order valence-electron chi connectivity index (χ3n) is 2.31. The van der Waals surface area contributed by atoms with Crippen molar-refractivity contribution in [1.29, 1.82) is 0 Å². The Hall–Kier alpha value is -1.79. The van der Waals surface area contributed by atoms with Gasteiger partial charge in [0.05, 0.1) is 15.9 Å². The molecule has 6 heteroatoms. The molecule has 18 heavy (non-hydrogen) atoms. The van der Waals surface area contributed by atoms with E-state index in [2.05, 4.69) is 31.2 Å². The number of carbonyl (C=O) groups excluding carboxylic acids is 1. The van der Waals surface area contributed by atoms with Crippen LogP contribution in [-0.4, -0.2) is 15.9 Å². The highest BCUT2D eigenvalue weighted by molar-refractivity contribution is 9.10. The van der Waals surface area contributed by atoms with E-state index in [4.69, 9.17) is 5.73 Å². The highest BCUT2D eigenvalue weighted by Gasteiger charge is 2.08. The van der Waals surface area contributed by atoms with E-state index in [9.17, 15) is 4.79 Å². The monoisotopic (exact) mass is 306 g/mol. The van der Waals surface area contributed by atoms with Crippen LogP contribution in [-0.2, 0) is 6.54 Å². The molecule has 0 aromatic carbocycles. The van der Waals surface area contributed by atoms with Gasteiger partial charge in [0.15, 0.2) is 0 Å². The van der Waals surface area contributed by atoms with Crippen molar-refractivity contribution >= 4 is 27.5 Å². The minimum Gasteiger partial charge on any atom is -0.325 e. The molecule has 2 rings (SSSR count). The molecule has 1 amide bonds. The molecule has 0 radical (unpaired) electrons. The fourth-order valence-corrected chi connectivity index (χ4v) is 1.75. The van der Waals surface area contributed by atoms with Gasteiger partial charge in [-0.15, -0.1) is 0 Å². The van der Waals surface area contributed by atoms with Gasteiger partial charge in [0.25, 0.3) is 5.91 Å². The van der Waals surface area contributed by atoms with E-state index in [0.717, 1.165) is 4.47 Å². The molecule has 2 heterocycles. The first kappa shape index (κ1) is 12.7. The van der Waals surface area contributed by atoms with Gasteiger partial charge in [-0.3, -0.25) is 14.8 Å². The maximum absolute atomic E-state index is 12.0. The van der Waals surface area contributed by atoms with E-state index in [-0.39, 0.29) is 5.91 Å². The Morgan fingerprint density at radius 3 is 2.94 bits per heavy atom. The first-order valence-electron chi connectivity index (χ1n) is 5.26. The van der Waals surface area contributed by atoms with Crippen LogP contribution < -0.4 is 11.1 Å². The molecule has 0 unspecified atom stereocenters. The molecule has 0 aliphatic heterocycles. The Bertz CT molecular complexity index is 574. The SMILES string of the molecule is NCc1cc(C(=O)Nc2ccncc2Br)ccn1. The van der Waals surface area contributed by atoms with E-state index in [1.807, 2.05) is 0 Å². The number of anilines is 1. The van der Waals surface area contributed by atoms with Gasteiger partial charge in [-0.1, -0.05) is 0 Å². The fraction of sp³-hybridized carbons (Fsp3) is 0.0833. The molecule has 0 spiro atoms. The number of aromatic nitrogens is 2. The van der Waals surface area contributed by atoms with Crippen LogP contribution in [0.1, 0.15) is 16.1 Å². The minimum absolute atomic E-state index is 0.209. The van der Waals surface area contributed by atoms with Gasteiger partial charge in [-0.25, -0.2) is 0 Å². The third kappa shape index (κ3) is 2.91. The van der Waals surface area contributed by atoms with Gasteiger partial charge in [0, 0.05) is 30.7 Å². The smallest absolute Gasteiger partial charge is 0.255 e. The normalized spacial score (nSPS) is 10.1. The molecule has 2 aromatic heterocycles. The molecular weight excluding hydrogens is 296 g/mol. The number of nitrogens with one attached hydrogen (secondary N) is 1. The Morgan fingerprint density at radius 2 is 2.22 bits per heavy atom. The summed E-state index contributed by atoms with van der Waals surface area (Å²) in [6.45, 7) is 0.306. The summed E-state index contributed by atoms with van der Waals surface area (Å²) in [5, 5.41) is 2.78. The zero-order valence-corrected chi connectivity index (χ0v) is 11.0. The average Bonchev–Trinajstić information content (AvgIpc) is 2.41. The summed E-state index contributed by atoms with van der Waals surface area (Å²) < 4.78 is 0.728.